The van der Waals surface area contributed by atoms with Crippen LogP contribution in [0.15, 0.2) is 0 Å². The number of likely N-dealkylation sites (tertiary alicyclic amines) is 1. The van der Waals surface area contributed by atoms with Gasteiger partial charge in [0, 0.05) is 6.54 Å². The fraction of sp³-hybridized carbons (Fsp3) is 1.00. The molecule has 0 aromatic rings. The summed E-state index contributed by atoms with van der Waals surface area (Å²) in [5.74, 6) is 1.87. The Bertz CT molecular complexity index is 165. The minimum Gasteiger partial charge on any atom is -0.303 e. The monoisotopic (exact) mass is 225 g/mol. The van der Waals surface area contributed by atoms with Gasteiger partial charge in [0.1, 0.15) is 0 Å². The zero-order valence-electron chi connectivity index (χ0n) is 11.7. The number of rotatable bonds is 7. The molecule has 1 aliphatic heterocycles. The molecule has 0 N–H and O–H groups in total. The van der Waals surface area contributed by atoms with Crippen molar-refractivity contribution in [2.75, 3.05) is 19.6 Å². The SMILES string of the molecule is CCCCCCN1CCCC(CC(C)C)C1. The lowest BCUT2D eigenvalue weighted by atomic mass is 9.89. The quantitative estimate of drug-likeness (QED) is 0.583. The fourth-order valence-corrected chi connectivity index (χ4v) is 2.98. The Morgan fingerprint density at radius 2 is 2.00 bits per heavy atom. The van der Waals surface area contributed by atoms with Crippen LogP contribution in [0.25, 0.3) is 0 Å². The van der Waals surface area contributed by atoms with Crippen molar-refractivity contribution in [2.45, 2.75) is 65.7 Å². The van der Waals surface area contributed by atoms with Crippen molar-refractivity contribution >= 4 is 0 Å². The smallest absolute Gasteiger partial charge is 0.000976 e. The van der Waals surface area contributed by atoms with E-state index in [1.807, 2.05) is 0 Å². The maximum Gasteiger partial charge on any atom is 0.000976 e. The van der Waals surface area contributed by atoms with E-state index >= 15 is 0 Å². The highest BCUT2D eigenvalue weighted by atomic mass is 15.1. The van der Waals surface area contributed by atoms with Gasteiger partial charge in [-0.2, -0.15) is 0 Å². The Balaban J connectivity index is 2.12. The summed E-state index contributed by atoms with van der Waals surface area (Å²) in [5, 5.41) is 0. The van der Waals surface area contributed by atoms with E-state index in [2.05, 4.69) is 25.7 Å². The van der Waals surface area contributed by atoms with Gasteiger partial charge in [0.25, 0.3) is 0 Å². The summed E-state index contributed by atoms with van der Waals surface area (Å²) in [6, 6.07) is 0. The summed E-state index contributed by atoms with van der Waals surface area (Å²) in [6.45, 7) is 11.1. The molecular weight excluding hydrogens is 194 g/mol. The average molecular weight is 225 g/mol. The highest BCUT2D eigenvalue weighted by Crippen LogP contribution is 2.23. The maximum atomic E-state index is 2.71. The molecule has 16 heavy (non-hydrogen) atoms. The molecule has 0 bridgehead atoms. The first kappa shape index (κ1) is 14.0. The van der Waals surface area contributed by atoms with Crippen molar-refractivity contribution in [1.29, 1.82) is 0 Å². The van der Waals surface area contributed by atoms with Crippen molar-refractivity contribution < 1.29 is 0 Å². The molecule has 1 rings (SSSR count). The summed E-state index contributed by atoms with van der Waals surface area (Å²) in [6.07, 6.45) is 9.98. The lowest BCUT2D eigenvalue weighted by Crippen LogP contribution is -2.36. The van der Waals surface area contributed by atoms with E-state index in [9.17, 15) is 0 Å². The second kappa shape index (κ2) is 8.11. The molecule has 0 aromatic heterocycles. The summed E-state index contributed by atoms with van der Waals surface area (Å²) >= 11 is 0. The van der Waals surface area contributed by atoms with Crippen LogP contribution in [0.3, 0.4) is 0 Å². The van der Waals surface area contributed by atoms with Crippen molar-refractivity contribution in [2.24, 2.45) is 11.8 Å². The first-order valence-electron chi connectivity index (χ1n) is 7.44. The molecule has 1 saturated heterocycles. The molecule has 1 nitrogen and oxygen atoms in total. The van der Waals surface area contributed by atoms with Gasteiger partial charge in [-0.15, -0.1) is 0 Å². The van der Waals surface area contributed by atoms with Gasteiger partial charge in [-0.1, -0.05) is 40.0 Å². The highest BCUT2D eigenvalue weighted by molar-refractivity contribution is 4.73. The number of unbranched alkanes of at least 4 members (excludes halogenated alkanes) is 3. The Labute approximate surface area is 103 Å². The van der Waals surface area contributed by atoms with Crippen molar-refractivity contribution in [3.63, 3.8) is 0 Å². The van der Waals surface area contributed by atoms with E-state index in [1.165, 1.54) is 64.6 Å². The molecule has 1 atom stereocenters. The zero-order valence-corrected chi connectivity index (χ0v) is 11.7. The summed E-state index contributed by atoms with van der Waals surface area (Å²) in [5.41, 5.74) is 0. The number of nitrogens with zero attached hydrogens (tertiary/aromatic N) is 1. The molecular formula is C15H31N. The van der Waals surface area contributed by atoms with E-state index in [-0.39, 0.29) is 0 Å². The summed E-state index contributed by atoms with van der Waals surface area (Å²) in [4.78, 5) is 2.71. The molecule has 0 aliphatic carbocycles. The van der Waals surface area contributed by atoms with Crippen molar-refractivity contribution in [3.8, 4) is 0 Å². The largest absolute Gasteiger partial charge is 0.303 e. The topological polar surface area (TPSA) is 3.24 Å². The summed E-state index contributed by atoms with van der Waals surface area (Å²) < 4.78 is 0. The van der Waals surface area contributed by atoms with E-state index < -0.39 is 0 Å². The van der Waals surface area contributed by atoms with Gasteiger partial charge in [-0.3, -0.25) is 0 Å². The highest BCUT2D eigenvalue weighted by Gasteiger charge is 2.19. The molecule has 1 fully saturated rings. The van der Waals surface area contributed by atoms with Crippen molar-refractivity contribution in [1.82, 2.24) is 4.90 Å². The van der Waals surface area contributed by atoms with Crippen LogP contribution in [0.4, 0.5) is 0 Å². The van der Waals surface area contributed by atoms with Crippen LogP contribution in [0.2, 0.25) is 0 Å². The lowest BCUT2D eigenvalue weighted by Gasteiger charge is -2.33. The number of piperidine rings is 1. The third-order valence-corrected chi connectivity index (χ3v) is 3.74. The van der Waals surface area contributed by atoms with Gasteiger partial charge in [0.05, 0.1) is 0 Å². The average Bonchev–Trinajstić information content (AvgIpc) is 2.24. The van der Waals surface area contributed by atoms with Crippen LogP contribution in [-0.4, -0.2) is 24.5 Å². The zero-order chi connectivity index (χ0) is 11.8. The molecule has 1 heterocycles. The third kappa shape index (κ3) is 5.89. The molecule has 1 unspecified atom stereocenters. The number of hydrogen-bond donors (Lipinski definition) is 0. The normalized spacial score (nSPS) is 22.9. The van der Waals surface area contributed by atoms with Crippen LogP contribution >= 0.6 is 0 Å². The van der Waals surface area contributed by atoms with Crippen LogP contribution in [0.5, 0.6) is 0 Å². The second-order valence-corrected chi connectivity index (χ2v) is 6.00. The van der Waals surface area contributed by atoms with E-state index in [1.54, 1.807) is 0 Å². The van der Waals surface area contributed by atoms with E-state index in [0.29, 0.717) is 0 Å². The molecule has 0 radical (unpaired) electrons. The molecule has 1 heteroatoms. The third-order valence-electron chi connectivity index (χ3n) is 3.74. The molecule has 0 aromatic carbocycles. The minimum absolute atomic E-state index is 0.880. The Hall–Kier alpha value is -0.0400. The van der Waals surface area contributed by atoms with Gasteiger partial charge >= 0.3 is 0 Å². The predicted molar refractivity (Wildman–Crippen MR) is 72.8 cm³/mol. The fourth-order valence-electron chi connectivity index (χ4n) is 2.98. The number of hydrogen-bond acceptors (Lipinski definition) is 1. The van der Waals surface area contributed by atoms with Gasteiger partial charge in [-0.25, -0.2) is 0 Å². The Kier molecular flexibility index (Phi) is 7.11. The standard InChI is InChI=1S/C15H31N/c1-4-5-6-7-10-16-11-8-9-15(13-16)12-14(2)3/h14-15H,4-13H2,1-3H3. The maximum absolute atomic E-state index is 2.71. The lowest BCUT2D eigenvalue weighted by molar-refractivity contribution is 0.157. The summed E-state index contributed by atoms with van der Waals surface area (Å²) in [7, 11) is 0. The van der Waals surface area contributed by atoms with Crippen LogP contribution in [-0.2, 0) is 0 Å². The molecule has 0 amide bonds. The first-order valence-corrected chi connectivity index (χ1v) is 7.44. The molecule has 0 saturated carbocycles. The Morgan fingerprint density at radius 3 is 2.69 bits per heavy atom. The van der Waals surface area contributed by atoms with E-state index in [0.717, 1.165) is 11.8 Å². The first-order chi connectivity index (χ1) is 7.72. The Morgan fingerprint density at radius 1 is 1.19 bits per heavy atom. The van der Waals surface area contributed by atoms with Gasteiger partial charge in [0.2, 0.25) is 0 Å². The van der Waals surface area contributed by atoms with Crippen molar-refractivity contribution in [3.05, 3.63) is 0 Å². The predicted octanol–water partition coefficient (Wildman–Crippen LogP) is 4.32. The van der Waals surface area contributed by atoms with Gasteiger partial charge in [-0.05, 0) is 50.6 Å². The van der Waals surface area contributed by atoms with Gasteiger partial charge in [0.15, 0.2) is 0 Å². The van der Waals surface area contributed by atoms with Crippen LogP contribution in [0.1, 0.15) is 65.7 Å². The molecule has 1 aliphatic rings. The molecule has 0 spiro atoms. The van der Waals surface area contributed by atoms with E-state index in [4.69, 9.17) is 0 Å². The molecule has 96 valence electrons. The van der Waals surface area contributed by atoms with Crippen LogP contribution in [0, 0.1) is 11.8 Å². The minimum atomic E-state index is 0.880. The van der Waals surface area contributed by atoms with Crippen LogP contribution < -0.4 is 0 Å². The second-order valence-electron chi connectivity index (χ2n) is 6.00. The van der Waals surface area contributed by atoms with Gasteiger partial charge < -0.3 is 4.90 Å².